The first-order chi connectivity index (χ1) is 14.9. The minimum atomic E-state index is -0.952. The molecule has 2 aromatic heterocycles. The van der Waals surface area contributed by atoms with Gasteiger partial charge in [0.2, 0.25) is 6.79 Å². The van der Waals surface area contributed by atoms with Crippen LogP contribution in [-0.4, -0.2) is 32.3 Å². The summed E-state index contributed by atoms with van der Waals surface area (Å²) in [6, 6.07) is 16.4. The lowest BCUT2D eigenvalue weighted by molar-refractivity contribution is 0.0784. The van der Waals surface area contributed by atoms with E-state index in [2.05, 4.69) is 10.1 Å². The molecule has 5 rings (SSSR count). The summed E-state index contributed by atoms with van der Waals surface area (Å²) >= 11 is 0. The van der Waals surface area contributed by atoms with Gasteiger partial charge in [0.05, 0.1) is 29.6 Å². The van der Waals surface area contributed by atoms with Crippen LogP contribution in [0.1, 0.15) is 35.5 Å². The largest absolute Gasteiger partial charge is 0.454 e. The van der Waals surface area contributed by atoms with E-state index in [1.165, 1.54) is 0 Å². The van der Waals surface area contributed by atoms with E-state index >= 15 is 0 Å². The Morgan fingerprint density at radius 2 is 1.94 bits per heavy atom. The highest BCUT2D eigenvalue weighted by atomic mass is 16.7. The summed E-state index contributed by atoms with van der Waals surface area (Å²) in [4.78, 5) is 17.5. The monoisotopic (exact) mass is 415 g/mol. The molecular formula is C24H21N3O4. The number of benzene rings is 2. The average molecular weight is 415 g/mol. The number of para-hydroxylation sites is 1. The summed E-state index contributed by atoms with van der Waals surface area (Å²) in [5.74, 6) is 1.28. The smallest absolute Gasteiger partial charge is 0.231 e. The van der Waals surface area contributed by atoms with Gasteiger partial charge in [-0.3, -0.25) is 4.79 Å². The van der Waals surface area contributed by atoms with Crippen LogP contribution in [0.15, 0.2) is 60.8 Å². The van der Waals surface area contributed by atoms with E-state index < -0.39 is 5.60 Å². The van der Waals surface area contributed by atoms with E-state index in [1.807, 2.05) is 24.3 Å². The number of ketones is 1. The van der Waals surface area contributed by atoms with Gasteiger partial charge in [-0.1, -0.05) is 30.3 Å². The second-order valence-corrected chi connectivity index (χ2v) is 8.01. The number of hydrogen-bond acceptors (Lipinski definition) is 6. The fourth-order valence-electron chi connectivity index (χ4n) is 3.71. The molecular weight excluding hydrogens is 394 g/mol. The molecule has 0 unspecified atom stereocenters. The molecule has 1 aliphatic heterocycles. The summed E-state index contributed by atoms with van der Waals surface area (Å²) in [5.41, 5.74) is 3.26. The molecule has 0 saturated heterocycles. The van der Waals surface area contributed by atoms with Gasteiger partial charge in [-0.25, -0.2) is 9.50 Å². The van der Waals surface area contributed by atoms with Crippen molar-refractivity contribution in [3.05, 3.63) is 77.6 Å². The summed E-state index contributed by atoms with van der Waals surface area (Å²) in [6.07, 6.45) is 1.82. The van der Waals surface area contributed by atoms with E-state index in [1.54, 1.807) is 54.9 Å². The molecule has 31 heavy (non-hydrogen) atoms. The number of Topliss-reactive ketones (excluding diaryl/α,β-unsaturated/α-hetero) is 1. The molecule has 156 valence electrons. The highest BCUT2D eigenvalue weighted by Crippen LogP contribution is 2.41. The van der Waals surface area contributed by atoms with E-state index in [-0.39, 0.29) is 19.0 Å². The Morgan fingerprint density at radius 3 is 2.71 bits per heavy atom. The van der Waals surface area contributed by atoms with Gasteiger partial charge >= 0.3 is 0 Å². The van der Waals surface area contributed by atoms with Crippen LogP contribution in [0.25, 0.3) is 16.9 Å². The molecule has 7 nitrogen and oxygen atoms in total. The van der Waals surface area contributed by atoms with Gasteiger partial charge in [-0.15, -0.1) is 0 Å². The molecule has 2 aromatic carbocycles. The van der Waals surface area contributed by atoms with Gasteiger partial charge in [0.15, 0.2) is 22.9 Å². The molecule has 0 aliphatic carbocycles. The molecule has 0 atom stereocenters. The Hall–Kier alpha value is -3.71. The lowest BCUT2D eigenvalue weighted by Gasteiger charge is -2.17. The van der Waals surface area contributed by atoms with Crippen LogP contribution in [0.3, 0.4) is 0 Å². The van der Waals surface area contributed by atoms with Crippen LogP contribution in [0.2, 0.25) is 0 Å². The first-order valence-corrected chi connectivity index (χ1v) is 9.99. The number of carbonyl (C=O) groups is 1. The maximum Gasteiger partial charge on any atom is 0.231 e. The normalized spacial score (nSPS) is 13.0. The fraction of sp³-hybridized carbons (Fsp3) is 0.208. The van der Waals surface area contributed by atoms with Crippen LogP contribution in [0.4, 0.5) is 0 Å². The van der Waals surface area contributed by atoms with Crippen molar-refractivity contribution in [2.75, 3.05) is 6.79 Å². The van der Waals surface area contributed by atoms with Crippen molar-refractivity contribution in [3.8, 4) is 22.8 Å². The minimum absolute atomic E-state index is 0.0533. The number of carbonyl (C=O) groups excluding carboxylic acids is 1. The maximum atomic E-state index is 12.9. The lowest BCUT2D eigenvalue weighted by atomic mass is 9.96. The quantitative estimate of drug-likeness (QED) is 0.499. The molecule has 1 N–H and O–H groups in total. The first-order valence-electron chi connectivity index (χ1n) is 9.99. The van der Waals surface area contributed by atoms with Crippen molar-refractivity contribution in [2.45, 2.75) is 25.9 Å². The predicted molar refractivity (Wildman–Crippen MR) is 114 cm³/mol. The molecule has 0 bridgehead atoms. The van der Waals surface area contributed by atoms with Crippen LogP contribution >= 0.6 is 0 Å². The van der Waals surface area contributed by atoms with Gasteiger partial charge in [-0.05, 0) is 37.6 Å². The highest BCUT2D eigenvalue weighted by molar-refractivity contribution is 5.97. The Balaban J connectivity index is 1.51. The average Bonchev–Trinajstić information content (AvgIpc) is 3.41. The Labute approximate surface area is 178 Å². The van der Waals surface area contributed by atoms with Crippen LogP contribution in [0, 0.1) is 0 Å². The zero-order valence-corrected chi connectivity index (χ0v) is 17.2. The number of nitrogens with zero attached hydrogens (tertiary/aromatic N) is 3. The summed E-state index contributed by atoms with van der Waals surface area (Å²) < 4.78 is 12.9. The summed E-state index contributed by atoms with van der Waals surface area (Å²) in [5, 5.41) is 14.5. The number of fused-ring (bicyclic) bond motifs is 2. The van der Waals surface area contributed by atoms with Crippen molar-refractivity contribution in [1.82, 2.24) is 14.6 Å². The second kappa shape index (κ2) is 7.21. The number of rotatable bonds is 5. The third kappa shape index (κ3) is 3.53. The zero-order valence-electron chi connectivity index (χ0n) is 17.2. The lowest BCUT2D eigenvalue weighted by Crippen LogP contribution is -2.15. The van der Waals surface area contributed by atoms with Gasteiger partial charge in [0, 0.05) is 17.2 Å². The zero-order chi connectivity index (χ0) is 21.6. The Kier molecular flexibility index (Phi) is 4.48. The molecule has 0 saturated carbocycles. The van der Waals surface area contributed by atoms with E-state index in [9.17, 15) is 9.90 Å². The maximum absolute atomic E-state index is 12.9. The standard InChI is InChI=1S/C24H21N3O4/c1-24(2,29)16-8-6-15(7-9-16)20(28)13-17-12-19(27-22(26-17)10-11-25-27)18-4-3-5-21-23(18)31-14-30-21/h3-12,29H,13-14H2,1-2H3. The van der Waals surface area contributed by atoms with Crippen molar-refractivity contribution < 1.29 is 19.4 Å². The van der Waals surface area contributed by atoms with Gasteiger partial charge in [-0.2, -0.15) is 5.10 Å². The van der Waals surface area contributed by atoms with E-state index in [4.69, 9.17) is 9.47 Å². The van der Waals surface area contributed by atoms with Crippen LogP contribution < -0.4 is 9.47 Å². The SMILES string of the molecule is CC(C)(O)c1ccc(C(=O)Cc2cc(-c3cccc4c3OCO4)n3nccc3n2)cc1. The van der Waals surface area contributed by atoms with Gasteiger partial charge in [0.25, 0.3) is 0 Å². The molecule has 0 spiro atoms. The predicted octanol–water partition coefficient (Wildman–Crippen LogP) is 3.78. The molecule has 1 aliphatic rings. The number of ether oxygens (including phenoxy) is 2. The molecule has 0 radical (unpaired) electrons. The second-order valence-electron chi connectivity index (χ2n) is 8.01. The molecule has 3 heterocycles. The number of hydrogen-bond donors (Lipinski definition) is 1. The van der Waals surface area contributed by atoms with Gasteiger partial charge in [0.1, 0.15) is 0 Å². The van der Waals surface area contributed by atoms with E-state index in [0.29, 0.717) is 28.4 Å². The number of aliphatic hydroxyl groups is 1. The van der Waals surface area contributed by atoms with Crippen LogP contribution in [0.5, 0.6) is 11.5 Å². The summed E-state index contributed by atoms with van der Waals surface area (Å²) in [7, 11) is 0. The fourth-order valence-corrected chi connectivity index (χ4v) is 3.71. The third-order valence-electron chi connectivity index (χ3n) is 5.34. The highest BCUT2D eigenvalue weighted by Gasteiger charge is 2.22. The first kappa shape index (κ1) is 19.3. The van der Waals surface area contributed by atoms with Crippen molar-refractivity contribution in [1.29, 1.82) is 0 Å². The third-order valence-corrected chi connectivity index (χ3v) is 5.34. The minimum Gasteiger partial charge on any atom is -0.454 e. The molecule has 4 aromatic rings. The molecule has 0 amide bonds. The summed E-state index contributed by atoms with van der Waals surface area (Å²) in [6.45, 7) is 3.60. The van der Waals surface area contributed by atoms with Gasteiger partial charge < -0.3 is 14.6 Å². The van der Waals surface area contributed by atoms with Crippen molar-refractivity contribution in [2.24, 2.45) is 0 Å². The van der Waals surface area contributed by atoms with Crippen molar-refractivity contribution >= 4 is 11.4 Å². The Morgan fingerprint density at radius 1 is 1.13 bits per heavy atom. The van der Waals surface area contributed by atoms with Crippen molar-refractivity contribution in [3.63, 3.8) is 0 Å². The van der Waals surface area contributed by atoms with Crippen LogP contribution in [-0.2, 0) is 12.0 Å². The topological polar surface area (TPSA) is 86.0 Å². The molecule has 0 fully saturated rings. The van der Waals surface area contributed by atoms with E-state index in [0.717, 1.165) is 16.8 Å². The number of aromatic nitrogens is 3. The Bertz CT molecular complexity index is 1290. The molecule has 7 heteroatoms.